The summed E-state index contributed by atoms with van der Waals surface area (Å²) < 4.78 is 5.13. The van der Waals surface area contributed by atoms with Crippen LogP contribution >= 0.6 is 0 Å². The highest BCUT2D eigenvalue weighted by molar-refractivity contribution is 5.83. The predicted octanol–water partition coefficient (Wildman–Crippen LogP) is 0.527. The molecule has 0 aliphatic heterocycles. The van der Waals surface area contributed by atoms with Crippen molar-refractivity contribution in [2.75, 3.05) is 26.8 Å². The van der Waals surface area contributed by atoms with Crippen molar-refractivity contribution in [3.05, 3.63) is 0 Å². The van der Waals surface area contributed by atoms with E-state index >= 15 is 0 Å². The summed E-state index contributed by atoms with van der Waals surface area (Å²) in [4.78, 5) is 24.1. The number of hydrogen-bond donors (Lipinski definition) is 2. The van der Waals surface area contributed by atoms with Gasteiger partial charge in [-0.2, -0.15) is 0 Å². The van der Waals surface area contributed by atoms with Gasteiger partial charge in [-0.3, -0.25) is 0 Å². The Kier molecular flexibility index (Phi) is 5.21. The van der Waals surface area contributed by atoms with Gasteiger partial charge in [0.25, 0.3) is 0 Å². The topological polar surface area (TPSA) is 78.9 Å². The number of nitrogens with zero attached hydrogens (tertiary/aromatic N) is 1. The number of carboxylic acids is 1. The van der Waals surface area contributed by atoms with Crippen molar-refractivity contribution in [2.24, 2.45) is 5.92 Å². The van der Waals surface area contributed by atoms with Gasteiger partial charge in [0, 0.05) is 20.2 Å². The number of aliphatic carboxylic acids is 1. The number of likely N-dealkylation sites (N-methyl/N-ethyl adjacent to an activating group) is 1. The molecule has 0 aromatic carbocycles. The van der Waals surface area contributed by atoms with Crippen LogP contribution in [-0.4, -0.2) is 54.9 Å². The van der Waals surface area contributed by atoms with Gasteiger partial charge in [0.15, 0.2) is 0 Å². The van der Waals surface area contributed by atoms with Crippen molar-refractivity contribution >= 4 is 12.0 Å². The zero-order chi connectivity index (χ0) is 12.8. The lowest BCUT2D eigenvalue weighted by Gasteiger charge is -2.21. The molecule has 0 heterocycles. The van der Waals surface area contributed by atoms with E-state index in [1.54, 1.807) is 7.05 Å². The van der Waals surface area contributed by atoms with Crippen LogP contribution in [0.1, 0.15) is 19.8 Å². The summed E-state index contributed by atoms with van der Waals surface area (Å²) >= 11 is 0. The van der Waals surface area contributed by atoms with Gasteiger partial charge in [-0.25, -0.2) is 9.59 Å². The first-order chi connectivity index (χ1) is 8.06. The van der Waals surface area contributed by atoms with Gasteiger partial charge in [-0.15, -0.1) is 0 Å². The van der Waals surface area contributed by atoms with E-state index in [2.05, 4.69) is 5.32 Å². The molecule has 2 N–H and O–H groups in total. The normalized spacial score (nSPS) is 16.4. The predicted molar refractivity (Wildman–Crippen MR) is 61.8 cm³/mol. The molecule has 1 fully saturated rings. The molecule has 6 heteroatoms. The SMILES string of the molecule is CCOCCN(C)C(=O)NC(C(=O)O)C1CC1. The standard InChI is InChI=1S/C11H20N2O4/c1-3-17-7-6-13(2)11(16)12-9(10(14)15)8-4-5-8/h8-9H,3-7H2,1-2H3,(H,12,16)(H,14,15). The van der Waals surface area contributed by atoms with Crippen LogP contribution in [0, 0.1) is 5.92 Å². The summed E-state index contributed by atoms with van der Waals surface area (Å²) in [6.07, 6.45) is 1.75. The minimum absolute atomic E-state index is 0.0942. The molecule has 0 aromatic heterocycles. The van der Waals surface area contributed by atoms with E-state index in [0.717, 1.165) is 12.8 Å². The minimum atomic E-state index is -0.959. The van der Waals surface area contributed by atoms with Crippen LogP contribution in [0.25, 0.3) is 0 Å². The molecule has 1 unspecified atom stereocenters. The number of ether oxygens (including phenoxy) is 1. The quantitative estimate of drug-likeness (QED) is 0.640. The van der Waals surface area contributed by atoms with Gasteiger partial charge in [0.2, 0.25) is 0 Å². The Balaban J connectivity index is 2.32. The van der Waals surface area contributed by atoms with Crippen molar-refractivity contribution in [1.29, 1.82) is 0 Å². The molecule has 0 radical (unpaired) electrons. The first-order valence-electron chi connectivity index (χ1n) is 5.88. The van der Waals surface area contributed by atoms with Crippen molar-refractivity contribution in [1.82, 2.24) is 10.2 Å². The van der Waals surface area contributed by atoms with Crippen LogP contribution in [0.15, 0.2) is 0 Å². The summed E-state index contributed by atoms with van der Waals surface area (Å²) in [6, 6.07) is -1.11. The number of rotatable bonds is 7. The zero-order valence-corrected chi connectivity index (χ0v) is 10.3. The third kappa shape index (κ3) is 4.60. The molecule has 1 aliphatic rings. The van der Waals surface area contributed by atoms with Crippen LogP contribution in [0.3, 0.4) is 0 Å². The van der Waals surface area contributed by atoms with Crippen LogP contribution in [0.4, 0.5) is 4.79 Å². The van der Waals surface area contributed by atoms with Gasteiger partial charge in [-0.05, 0) is 25.7 Å². The van der Waals surface area contributed by atoms with Gasteiger partial charge < -0.3 is 20.1 Å². The molecule has 1 rings (SSSR count). The number of urea groups is 1. The Morgan fingerprint density at radius 1 is 1.53 bits per heavy atom. The maximum Gasteiger partial charge on any atom is 0.326 e. The lowest BCUT2D eigenvalue weighted by molar-refractivity contribution is -0.139. The molecular weight excluding hydrogens is 224 g/mol. The second-order valence-corrected chi connectivity index (χ2v) is 4.22. The second-order valence-electron chi connectivity index (χ2n) is 4.22. The molecule has 1 aliphatic carbocycles. The van der Waals surface area contributed by atoms with Crippen molar-refractivity contribution < 1.29 is 19.4 Å². The summed E-state index contributed by atoms with van der Waals surface area (Å²) in [7, 11) is 1.63. The Morgan fingerprint density at radius 3 is 2.65 bits per heavy atom. The van der Waals surface area contributed by atoms with Gasteiger partial charge in [-0.1, -0.05) is 0 Å². The van der Waals surface area contributed by atoms with E-state index in [9.17, 15) is 9.59 Å². The highest BCUT2D eigenvalue weighted by Crippen LogP contribution is 2.32. The number of amides is 2. The molecule has 6 nitrogen and oxygen atoms in total. The smallest absolute Gasteiger partial charge is 0.326 e. The zero-order valence-electron chi connectivity index (χ0n) is 10.3. The molecule has 0 saturated heterocycles. The lowest BCUT2D eigenvalue weighted by Crippen LogP contribution is -2.48. The molecule has 1 atom stereocenters. The highest BCUT2D eigenvalue weighted by Gasteiger charge is 2.37. The van der Waals surface area contributed by atoms with Gasteiger partial charge >= 0.3 is 12.0 Å². The molecule has 98 valence electrons. The molecule has 1 saturated carbocycles. The van der Waals surface area contributed by atoms with Crippen molar-refractivity contribution in [3.63, 3.8) is 0 Å². The number of carbonyl (C=O) groups is 2. The molecule has 2 amide bonds. The van der Waals surface area contributed by atoms with Crippen molar-refractivity contribution in [3.8, 4) is 0 Å². The fourth-order valence-electron chi connectivity index (χ4n) is 1.50. The van der Waals surface area contributed by atoms with Crippen LogP contribution in [0.2, 0.25) is 0 Å². The molecule has 0 bridgehead atoms. The lowest BCUT2D eigenvalue weighted by atomic mass is 10.2. The summed E-state index contributed by atoms with van der Waals surface area (Å²) in [6.45, 7) is 3.40. The van der Waals surface area contributed by atoms with Crippen LogP contribution in [0.5, 0.6) is 0 Å². The van der Waals surface area contributed by atoms with E-state index in [-0.39, 0.29) is 11.9 Å². The average molecular weight is 244 g/mol. The molecule has 0 spiro atoms. The number of hydrogen-bond acceptors (Lipinski definition) is 3. The van der Waals surface area contributed by atoms with Gasteiger partial charge in [0.1, 0.15) is 6.04 Å². The number of carboxylic acid groups (broad SMARTS) is 1. The van der Waals surface area contributed by atoms with E-state index in [1.807, 2.05) is 6.92 Å². The number of carbonyl (C=O) groups excluding carboxylic acids is 1. The fourth-order valence-corrected chi connectivity index (χ4v) is 1.50. The Hall–Kier alpha value is -1.30. The Labute approximate surface area is 101 Å². The monoisotopic (exact) mass is 244 g/mol. The summed E-state index contributed by atoms with van der Waals surface area (Å²) in [5, 5.41) is 11.5. The van der Waals surface area contributed by atoms with E-state index < -0.39 is 12.0 Å². The Morgan fingerprint density at radius 2 is 2.18 bits per heavy atom. The van der Waals surface area contributed by atoms with Gasteiger partial charge in [0.05, 0.1) is 6.61 Å². The average Bonchev–Trinajstić information content (AvgIpc) is 3.09. The second kappa shape index (κ2) is 6.44. The van der Waals surface area contributed by atoms with E-state index in [0.29, 0.717) is 19.8 Å². The first kappa shape index (κ1) is 13.8. The molecular formula is C11H20N2O4. The van der Waals surface area contributed by atoms with Crippen molar-refractivity contribution in [2.45, 2.75) is 25.8 Å². The van der Waals surface area contributed by atoms with Crippen LogP contribution in [-0.2, 0) is 9.53 Å². The third-order valence-corrected chi connectivity index (χ3v) is 2.76. The first-order valence-corrected chi connectivity index (χ1v) is 5.88. The third-order valence-electron chi connectivity index (χ3n) is 2.76. The largest absolute Gasteiger partial charge is 0.480 e. The molecule has 0 aromatic rings. The summed E-state index contributed by atoms with van der Waals surface area (Å²) in [5.41, 5.74) is 0. The maximum atomic E-state index is 11.7. The summed E-state index contributed by atoms with van der Waals surface area (Å²) in [5.74, 6) is -0.865. The molecule has 17 heavy (non-hydrogen) atoms. The van der Waals surface area contributed by atoms with E-state index in [1.165, 1.54) is 4.90 Å². The van der Waals surface area contributed by atoms with E-state index in [4.69, 9.17) is 9.84 Å². The highest BCUT2D eigenvalue weighted by atomic mass is 16.5. The maximum absolute atomic E-state index is 11.7. The van der Waals surface area contributed by atoms with Crippen LogP contribution < -0.4 is 5.32 Å². The number of nitrogens with one attached hydrogen (secondary N) is 1. The Bertz CT molecular complexity index is 279. The fraction of sp³-hybridized carbons (Fsp3) is 0.818. The minimum Gasteiger partial charge on any atom is -0.480 e.